The van der Waals surface area contributed by atoms with E-state index in [1.165, 1.54) is 6.20 Å². The van der Waals surface area contributed by atoms with E-state index < -0.39 is 5.91 Å². The Morgan fingerprint density at radius 1 is 1.24 bits per heavy atom. The molecule has 0 aliphatic heterocycles. The smallest absolute Gasteiger partial charge is 0.258 e. The molecule has 3 rings (SSSR count). The molecule has 8 heteroatoms. The van der Waals surface area contributed by atoms with Crippen LogP contribution in [0.4, 0.5) is 11.5 Å². The molecule has 1 amide bonds. The van der Waals surface area contributed by atoms with Gasteiger partial charge in [-0.2, -0.15) is 0 Å². The second-order valence-corrected chi connectivity index (χ2v) is 6.92. The van der Waals surface area contributed by atoms with E-state index in [0.717, 1.165) is 11.3 Å². The van der Waals surface area contributed by atoms with Crippen molar-refractivity contribution in [2.45, 2.75) is 0 Å². The SMILES string of the molecule is [C-]#[N+]c1c(-c2ccnc(N)c2)sc(C(N)=O)c1-c1ccc(Cl)cc1Cl. The van der Waals surface area contributed by atoms with E-state index in [9.17, 15) is 4.79 Å². The maximum atomic E-state index is 12.0. The van der Waals surface area contributed by atoms with Crippen molar-refractivity contribution in [3.8, 4) is 21.6 Å². The highest BCUT2D eigenvalue weighted by molar-refractivity contribution is 7.18. The Morgan fingerprint density at radius 2 is 2.00 bits per heavy atom. The standard InChI is InChI=1S/C17H10Cl2N4OS/c1-22-14-13(10-3-2-9(18)7-11(10)19)16(17(21)24)25-15(14)8-4-5-23-12(20)6-8/h2-7H,(H2,20,23)(H2,21,24). The zero-order valence-corrected chi connectivity index (χ0v) is 14.9. The fourth-order valence-electron chi connectivity index (χ4n) is 2.43. The summed E-state index contributed by atoms with van der Waals surface area (Å²) >= 11 is 13.4. The third kappa shape index (κ3) is 3.17. The van der Waals surface area contributed by atoms with Gasteiger partial charge >= 0.3 is 0 Å². The molecule has 124 valence electrons. The maximum Gasteiger partial charge on any atom is 0.258 e. The summed E-state index contributed by atoms with van der Waals surface area (Å²) in [4.78, 5) is 20.4. The van der Waals surface area contributed by atoms with Crippen molar-refractivity contribution in [2.24, 2.45) is 5.73 Å². The van der Waals surface area contributed by atoms with Gasteiger partial charge in [0.1, 0.15) is 5.82 Å². The van der Waals surface area contributed by atoms with Crippen molar-refractivity contribution in [2.75, 3.05) is 5.73 Å². The van der Waals surface area contributed by atoms with Gasteiger partial charge in [-0.05, 0) is 35.4 Å². The van der Waals surface area contributed by atoms with Crippen LogP contribution in [0.25, 0.3) is 26.4 Å². The number of nitrogens with two attached hydrogens (primary N) is 2. The van der Waals surface area contributed by atoms with Crippen LogP contribution in [0.2, 0.25) is 10.0 Å². The van der Waals surface area contributed by atoms with Gasteiger partial charge in [-0.25, -0.2) is 9.83 Å². The number of nitrogen functional groups attached to an aromatic ring is 1. The Morgan fingerprint density at radius 3 is 2.60 bits per heavy atom. The summed E-state index contributed by atoms with van der Waals surface area (Å²) in [5.41, 5.74) is 13.2. The lowest BCUT2D eigenvalue weighted by molar-refractivity contribution is 0.100. The predicted octanol–water partition coefficient (Wildman–Crippen LogP) is 5.02. The first kappa shape index (κ1) is 17.2. The van der Waals surface area contributed by atoms with Crippen LogP contribution >= 0.6 is 34.5 Å². The first-order valence-corrected chi connectivity index (χ1v) is 8.51. The summed E-state index contributed by atoms with van der Waals surface area (Å²) in [7, 11) is 0. The molecule has 3 aromatic rings. The summed E-state index contributed by atoms with van der Waals surface area (Å²) in [6.07, 6.45) is 1.54. The number of pyridine rings is 1. The molecule has 0 atom stereocenters. The summed E-state index contributed by atoms with van der Waals surface area (Å²) in [5.74, 6) is -0.322. The Kier molecular flexibility index (Phi) is 4.64. The van der Waals surface area contributed by atoms with Crippen LogP contribution < -0.4 is 11.5 Å². The fraction of sp³-hybridized carbons (Fsp3) is 0. The minimum absolute atomic E-state index is 0.251. The number of hydrogen-bond donors (Lipinski definition) is 2. The largest absolute Gasteiger partial charge is 0.384 e. The number of hydrogen-bond acceptors (Lipinski definition) is 4. The summed E-state index contributed by atoms with van der Waals surface area (Å²) in [6.45, 7) is 7.61. The van der Waals surface area contributed by atoms with Crippen LogP contribution in [-0.2, 0) is 0 Å². The van der Waals surface area contributed by atoms with Crippen LogP contribution in [0.15, 0.2) is 36.5 Å². The summed E-state index contributed by atoms with van der Waals surface area (Å²) in [6, 6.07) is 8.22. The number of aromatic nitrogens is 1. The third-order valence-corrected chi connectivity index (χ3v) is 5.25. The van der Waals surface area contributed by atoms with Crippen molar-refractivity contribution in [1.29, 1.82) is 0 Å². The topological polar surface area (TPSA) is 86.4 Å². The minimum atomic E-state index is -0.635. The Hall–Kier alpha value is -2.59. The van der Waals surface area contributed by atoms with E-state index in [1.54, 1.807) is 30.3 Å². The quantitative estimate of drug-likeness (QED) is 0.617. The predicted molar refractivity (Wildman–Crippen MR) is 102 cm³/mol. The number of primary amides is 1. The van der Waals surface area contributed by atoms with E-state index >= 15 is 0 Å². The second-order valence-electron chi connectivity index (χ2n) is 5.05. The average molecular weight is 389 g/mol. The first-order chi connectivity index (χ1) is 11.9. The average Bonchev–Trinajstić information content (AvgIpc) is 2.94. The number of benzene rings is 1. The van der Waals surface area contributed by atoms with Gasteiger partial charge in [0.2, 0.25) is 5.69 Å². The van der Waals surface area contributed by atoms with Gasteiger partial charge in [-0.15, -0.1) is 11.3 Å². The molecule has 0 radical (unpaired) electrons. The van der Waals surface area contributed by atoms with Crippen LogP contribution in [0.5, 0.6) is 0 Å². The van der Waals surface area contributed by atoms with Crippen LogP contribution in [0, 0.1) is 6.57 Å². The molecule has 0 aliphatic carbocycles. The lowest BCUT2D eigenvalue weighted by Crippen LogP contribution is -2.09. The molecule has 2 heterocycles. The van der Waals surface area contributed by atoms with Crippen molar-refractivity contribution in [3.63, 3.8) is 0 Å². The molecule has 0 saturated heterocycles. The van der Waals surface area contributed by atoms with Crippen LogP contribution in [0.3, 0.4) is 0 Å². The second kappa shape index (κ2) is 6.73. The minimum Gasteiger partial charge on any atom is -0.384 e. The molecule has 25 heavy (non-hydrogen) atoms. The molecular formula is C17H10Cl2N4OS. The maximum absolute atomic E-state index is 12.0. The van der Waals surface area contributed by atoms with Gasteiger partial charge in [0.25, 0.3) is 5.91 Å². The third-order valence-electron chi connectivity index (χ3n) is 3.46. The Balaban J connectivity index is 2.35. The molecule has 1 aromatic carbocycles. The molecule has 5 nitrogen and oxygen atoms in total. The van der Waals surface area contributed by atoms with E-state index in [4.69, 9.17) is 41.2 Å². The van der Waals surface area contributed by atoms with Gasteiger partial charge in [0.15, 0.2) is 0 Å². The van der Waals surface area contributed by atoms with Crippen molar-refractivity contribution < 1.29 is 4.79 Å². The highest BCUT2D eigenvalue weighted by Crippen LogP contribution is 2.49. The summed E-state index contributed by atoms with van der Waals surface area (Å²) < 4.78 is 0. The van der Waals surface area contributed by atoms with Gasteiger partial charge in [0.05, 0.1) is 11.4 Å². The summed E-state index contributed by atoms with van der Waals surface area (Å²) in [5, 5.41) is 0.787. The number of nitrogens with zero attached hydrogens (tertiary/aromatic N) is 2. The van der Waals surface area contributed by atoms with Crippen molar-refractivity contribution in [1.82, 2.24) is 4.98 Å². The molecule has 2 aromatic heterocycles. The van der Waals surface area contributed by atoms with Gasteiger partial charge in [0, 0.05) is 26.7 Å². The lowest BCUT2D eigenvalue weighted by Gasteiger charge is -2.06. The molecule has 0 saturated carbocycles. The molecule has 0 fully saturated rings. The number of rotatable bonds is 3. The van der Waals surface area contributed by atoms with E-state index in [1.807, 2.05) is 0 Å². The molecule has 4 N–H and O–H groups in total. The van der Waals surface area contributed by atoms with Crippen molar-refractivity contribution in [3.05, 3.63) is 62.9 Å². The van der Waals surface area contributed by atoms with Gasteiger partial charge in [-0.3, -0.25) is 4.79 Å². The first-order valence-electron chi connectivity index (χ1n) is 6.93. The Bertz CT molecular complexity index is 1040. The van der Waals surface area contributed by atoms with Crippen molar-refractivity contribution >= 4 is 52.0 Å². The van der Waals surface area contributed by atoms with Gasteiger partial charge < -0.3 is 11.5 Å². The zero-order chi connectivity index (χ0) is 18.1. The number of anilines is 1. The molecule has 0 unspecified atom stereocenters. The van der Waals surface area contributed by atoms with Crippen LogP contribution in [-0.4, -0.2) is 10.9 Å². The zero-order valence-electron chi connectivity index (χ0n) is 12.6. The number of thiophene rings is 1. The number of carbonyl (C=O) groups excluding carboxylic acids is 1. The van der Waals surface area contributed by atoms with Gasteiger partial charge in [-0.1, -0.05) is 29.3 Å². The molecular weight excluding hydrogens is 379 g/mol. The molecule has 0 bridgehead atoms. The Labute approximate surface area is 157 Å². The van der Waals surface area contributed by atoms with E-state index in [0.29, 0.717) is 37.4 Å². The molecule has 0 aliphatic rings. The highest BCUT2D eigenvalue weighted by Gasteiger charge is 2.25. The highest BCUT2D eigenvalue weighted by atomic mass is 35.5. The van der Waals surface area contributed by atoms with E-state index in [-0.39, 0.29) is 10.6 Å². The number of halogens is 2. The van der Waals surface area contributed by atoms with E-state index in [2.05, 4.69) is 9.83 Å². The lowest BCUT2D eigenvalue weighted by atomic mass is 10.0. The fourth-order valence-corrected chi connectivity index (χ4v) is 4.04. The normalized spacial score (nSPS) is 10.4. The monoisotopic (exact) mass is 388 g/mol. The number of carbonyl (C=O) groups is 1. The molecule has 0 spiro atoms. The van der Waals surface area contributed by atoms with Crippen LogP contribution in [0.1, 0.15) is 9.67 Å². The number of amides is 1.